The number of ether oxygens (including phenoxy) is 3. The molecule has 1 aliphatic heterocycles. The Morgan fingerprint density at radius 1 is 0.925 bits per heavy atom. The molecule has 8 nitrogen and oxygen atoms in total. The van der Waals surface area contributed by atoms with Crippen LogP contribution in [0.5, 0.6) is 17.2 Å². The number of carbonyl (C=O) groups is 2. The lowest BCUT2D eigenvalue weighted by atomic mass is 9.95. The first-order valence-corrected chi connectivity index (χ1v) is 14.1. The summed E-state index contributed by atoms with van der Waals surface area (Å²) in [6.45, 7) is 7.23. The molecule has 5 rings (SSSR count). The van der Waals surface area contributed by atoms with E-state index in [4.69, 9.17) is 19.2 Å². The highest BCUT2D eigenvalue weighted by atomic mass is 32.1. The van der Waals surface area contributed by atoms with Crippen molar-refractivity contribution in [1.29, 1.82) is 0 Å². The van der Waals surface area contributed by atoms with Gasteiger partial charge >= 0.3 is 5.91 Å². The molecule has 1 unspecified atom stereocenters. The van der Waals surface area contributed by atoms with Crippen LogP contribution in [-0.4, -0.2) is 41.6 Å². The van der Waals surface area contributed by atoms with Crippen LogP contribution in [0.4, 0.5) is 5.13 Å². The topological polar surface area (TPSA) is 98.2 Å². The number of carbonyl (C=O) groups excluding carboxylic acids is 2. The van der Waals surface area contributed by atoms with Crippen molar-refractivity contribution in [2.45, 2.75) is 33.2 Å². The molecule has 1 aromatic heterocycles. The first kappa shape index (κ1) is 27.2. The summed E-state index contributed by atoms with van der Waals surface area (Å²) in [5, 5.41) is 11.7. The molecule has 0 saturated carbocycles. The van der Waals surface area contributed by atoms with Crippen LogP contribution in [0.3, 0.4) is 0 Å². The van der Waals surface area contributed by atoms with Crippen molar-refractivity contribution >= 4 is 44.1 Å². The van der Waals surface area contributed by atoms with Crippen LogP contribution in [0, 0.1) is 0 Å². The Morgan fingerprint density at radius 3 is 2.42 bits per heavy atom. The molecule has 1 aliphatic rings. The molecule has 0 radical (unpaired) electrons. The minimum absolute atomic E-state index is 0.0184. The molecule has 4 aromatic rings. The molecule has 0 spiro atoms. The summed E-state index contributed by atoms with van der Waals surface area (Å²) in [6.07, 6.45) is 0.827. The Labute approximate surface area is 236 Å². The highest BCUT2D eigenvalue weighted by Crippen LogP contribution is 2.46. The number of amides is 1. The molecule has 40 heavy (non-hydrogen) atoms. The number of nitrogens with zero attached hydrogens (tertiary/aromatic N) is 2. The van der Waals surface area contributed by atoms with Crippen LogP contribution in [0.2, 0.25) is 0 Å². The molecule has 9 heteroatoms. The number of benzene rings is 3. The number of aliphatic hydroxyl groups excluding tert-OH is 1. The molecule has 1 atom stereocenters. The molecule has 1 fully saturated rings. The van der Waals surface area contributed by atoms with Gasteiger partial charge in [0.15, 0.2) is 16.6 Å². The first-order chi connectivity index (χ1) is 19.5. The summed E-state index contributed by atoms with van der Waals surface area (Å²) in [5.74, 6) is -0.0617. The zero-order valence-corrected chi connectivity index (χ0v) is 23.4. The van der Waals surface area contributed by atoms with Gasteiger partial charge < -0.3 is 19.3 Å². The van der Waals surface area contributed by atoms with Crippen molar-refractivity contribution in [1.82, 2.24) is 4.98 Å². The van der Waals surface area contributed by atoms with Crippen LogP contribution >= 0.6 is 11.3 Å². The minimum atomic E-state index is -0.938. The van der Waals surface area contributed by atoms with Crippen molar-refractivity contribution in [2.75, 3.05) is 24.7 Å². The maximum absolute atomic E-state index is 13.6. The Balaban J connectivity index is 1.69. The summed E-state index contributed by atoms with van der Waals surface area (Å²) >= 11 is 1.28. The number of aromatic nitrogens is 1. The minimum Gasteiger partial charge on any atom is -0.507 e. The zero-order chi connectivity index (χ0) is 28.2. The van der Waals surface area contributed by atoms with E-state index < -0.39 is 17.7 Å². The second kappa shape index (κ2) is 11.8. The maximum Gasteiger partial charge on any atom is 0.301 e. The van der Waals surface area contributed by atoms with Gasteiger partial charge in [-0.05, 0) is 56.2 Å². The number of fused-ring (bicyclic) bond motifs is 1. The van der Waals surface area contributed by atoms with E-state index in [9.17, 15) is 14.7 Å². The van der Waals surface area contributed by atoms with Crippen molar-refractivity contribution in [2.24, 2.45) is 0 Å². The summed E-state index contributed by atoms with van der Waals surface area (Å²) < 4.78 is 18.2. The van der Waals surface area contributed by atoms with Crippen LogP contribution in [0.15, 0.2) is 72.3 Å². The van der Waals surface area contributed by atoms with Gasteiger partial charge in [0.05, 0.1) is 41.7 Å². The van der Waals surface area contributed by atoms with Gasteiger partial charge in [0.25, 0.3) is 5.78 Å². The number of ketones is 1. The average molecular weight is 559 g/mol. The lowest BCUT2D eigenvalue weighted by molar-refractivity contribution is -0.132. The third-order valence-electron chi connectivity index (χ3n) is 6.40. The highest BCUT2D eigenvalue weighted by molar-refractivity contribution is 7.22. The number of Topliss-reactive ketones (excluding diaryl/α,β-unsaturated/α-hetero) is 1. The fourth-order valence-electron chi connectivity index (χ4n) is 4.64. The van der Waals surface area contributed by atoms with Gasteiger partial charge in [0.2, 0.25) is 0 Å². The van der Waals surface area contributed by atoms with E-state index in [1.54, 1.807) is 42.5 Å². The molecule has 0 aliphatic carbocycles. The van der Waals surface area contributed by atoms with Crippen molar-refractivity contribution in [3.8, 4) is 17.2 Å². The van der Waals surface area contributed by atoms with Gasteiger partial charge in [-0.3, -0.25) is 14.5 Å². The third kappa shape index (κ3) is 5.12. The summed E-state index contributed by atoms with van der Waals surface area (Å²) in [6, 6.07) is 18.6. The Hall–Kier alpha value is -4.37. The van der Waals surface area contributed by atoms with Gasteiger partial charge in [-0.15, -0.1) is 0 Å². The average Bonchev–Trinajstić information content (AvgIpc) is 3.50. The lowest BCUT2D eigenvalue weighted by Gasteiger charge is -2.24. The lowest BCUT2D eigenvalue weighted by Crippen LogP contribution is -2.29. The fourth-order valence-corrected chi connectivity index (χ4v) is 5.66. The van der Waals surface area contributed by atoms with Gasteiger partial charge in [0, 0.05) is 5.56 Å². The summed E-state index contributed by atoms with van der Waals surface area (Å²) in [4.78, 5) is 33.2. The molecule has 3 aromatic carbocycles. The van der Waals surface area contributed by atoms with E-state index in [1.807, 2.05) is 45.0 Å². The molecule has 0 bridgehead atoms. The van der Waals surface area contributed by atoms with E-state index in [-0.39, 0.29) is 11.3 Å². The fraction of sp³-hybridized carbons (Fsp3) is 0.258. The standard InChI is InChI=1S/C31H30N2O6S/c1-4-16-39-23-15-12-20(17-24(23)38-6-3)27-26(28(34)19-10-8-7-9-11-19)29(35)30(36)33(27)31-32-22-14-13-21(37-5-2)18-25(22)40-31/h7-15,17-18,27,34H,4-6,16H2,1-3H3. The molecule has 206 valence electrons. The number of rotatable bonds is 10. The SMILES string of the molecule is CCCOc1ccc(C2C(=C(O)c3ccccc3)C(=O)C(=O)N2c2nc3ccc(OCC)cc3s2)cc1OCC. The Morgan fingerprint density at radius 2 is 1.70 bits per heavy atom. The first-order valence-electron chi connectivity index (χ1n) is 13.3. The van der Waals surface area contributed by atoms with Crippen LogP contribution < -0.4 is 19.1 Å². The van der Waals surface area contributed by atoms with Gasteiger partial charge in [0.1, 0.15) is 11.5 Å². The molecular formula is C31H30N2O6S. The highest BCUT2D eigenvalue weighted by Gasteiger charge is 2.48. The summed E-state index contributed by atoms with van der Waals surface area (Å²) in [5.41, 5.74) is 1.67. The Bertz CT molecular complexity index is 1580. The predicted octanol–water partition coefficient (Wildman–Crippen LogP) is 6.51. The normalized spacial score (nSPS) is 16.5. The number of anilines is 1. The van der Waals surface area contributed by atoms with E-state index in [2.05, 4.69) is 0 Å². The number of hydrogen-bond donors (Lipinski definition) is 1. The number of aliphatic hydroxyl groups is 1. The maximum atomic E-state index is 13.6. The quantitative estimate of drug-likeness (QED) is 0.135. The monoisotopic (exact) mass is 558 g/mol. The van der Waals surface area contributed by atoms with Crippen LogP contribution in [0.1, 0.15) is 44.4 Å². The molecule has 2 heterocycles. The second-order valence-electron chi connectivity index (χ2n) is 9.08. The van der Waals surface area contributed by atoms with E-state index in [1.165, 1.54) is 16.2 Å². The van der Waals surface area contributed by atoms with Crippen molar-refractivity contribution in [3.05, 3.63) is 83.4 Å². The van der Waals surface area contributed by atoms with E-state index in [0.717, 1.165) is 11.1 Å². The predicted molar refractivity (Wildman–Crippen MR) is 155 cm³/mol. The molecule has 1 N–H and O–H groups in total. The van der Waals surface area contributed by atoms with Gasteiger partial charge in [-0.25, -0.2) is 4.98 Å². The van der Waals surface area contributed by atoms with E-state index in [0.29, 0.717) is 58.8 Å². The third-order valence-corrected chi connectivity index (χ3v) is 7.42. The van der Waals surface area contributed by atoms with Crippen molar-refractivity contribution < 1.29 is 28.9 Å². The van der Waals surface area contributed by atoms with Gasteiger partial charge in [-0.1, -0.05) is 54.7 Å². The van der Waals surface area contributed by atoms with Crippen LogP contribution in [0.25, 0.3) is 16.0 Å². The largest absolute Gasteiger partial charge is 0.507 e. The number of thiazole rings is 1. The van der Waals surface area contributed by atoms with Crippen LogP contribution in [-0.2, 0) is 9.59 Å². The smallest absolute Gasteiger partial charge is 0.301 e. The summed E-state index contributed by atoms with van der Waals surface area (Å²) in [7, 11) is 0. The molecular weight excluding hydrogens is 528 g/mol. The van der Waals surface area contributed by atoms with E-state index >= 15 is 0 Å². The molecule has 1 amide bonds. The van der Waals surface area contributed by atoms with Crippen molar-refractivity contribution in [3.63, 3.8) is 0 Å². The second-order valence-corrected chi connectivity index (χ2v) is 10.1. The number of hydrogen-bond acceptors (Lipinski definition) is 8. The zero-order valence-electron chi connectivity index (χ0n) is 22.5. The molecule has 1 saturated heterocycles. The van der Waals surface area contributed by atoms with Gasteiger partial charge in [-0.2, -0.15) is 0 Å². The Kier molecular flexibility index (Phi) is 8.02.